The van der Waals surface area contributed by atoms with E-state index in [9.17, 15) is 17.6 Å². The lowest BCUT2D eigenvalue weighted by Crippen LogP contribution is -2.42. The Hall–Kier alpha value is -1.06. The van der Waals surface area contributed by atoms with Crippen LogP contribution in [0.15, 0.2) is 29.3 Å². The summed E-state index contributed by atoms with van der Waals surface area (Å²) in [6.45, 7) is 0.344. The lowest BCUT2D eigenvalue weighted by Gasteiger charge is -2.19. The summed E-state index contributed by atoms with van der Waals surface area (Å²) < 4.78 is 49.3. The molecule has 2 rings (SSSR count). The van der Waals surface area contributed by atoms with Gasteiger partial charge in [0, 0.05) is 25.6 Å². The smallest absolute Gasteiger partial charge is 0.356 e. The number of hydrogen-bond acceptors (Lipinski definition) is 1. The molecule has 0 radical (unpaired) electrons. The highest BCUT2D eigenvalue weighted by Gasteiger charge is 2.44. The molecule has 1 saturated carbocycles. The van der Waals surface area contributed by atoms with Crippen LogP contribution in [0, 0.1) is 5.82 Å². The maximum Gasteiger partial charge on any atom is 0.390 e. The van der Waals surface area contributed by atoms with Gasteiger partial charge in [-0.3, -0.25) is 4.99 Å². The van der Waals surface area contributed by atoms with E-state index < -0.39 is 12.6 Å². The van der Waals surface area contributed by atoms with Crippen molar-refractivity contribution in [2.24, 2.45) is 4.99 Å². The fourth-order valence-corrected chi connectivity index (χ4v) is 2.32. The van der Waals surface area contributed by atoms with E-state index >= 15 is 0 Å². The van der Waals surface area contributed by atoms with Gasteiger partial charge in [-0.25, -0.2) is 4.39 Å². The normalized spacial score (nSPS) is 16.5. The Morgan fingerprint density at radius 3 is 2.26 bits per heavy atom. The fourth-order valence-electron chi connectivity index (χ4n) is 2.32. The van der Waals surface area contributed by atoms with Crippen LogP contribution in [0.5, 0.6) is 0 Å². The quantitative estimate of drug-likeness (QED) is 0.315. The average Bonchev–Trinajstić information content (AvgIpc) is 3.23. The van der Waals surface area contributed by atoms with Crippen molar-refractivity contribution in [2.75, 3.05) is 20.1 Å². The van der Waals surface area contributed by atoms with Crippen LogP contribution < -0.4 is 10.6 Å². The van der Waals surface area contributed by atoms with Crippen LogP contribution in [0.4, 0.5) is 17.6 Å². The summed E-state index contributed by atoms with van der Waals surface area (Å²) in [7, 11) is 1.51. The molecule has 0 unspecified atom stereocenters. The van der Waals surface area contributed by atoms with Gasteiger partial charge in [-0.2, -0.15) is 13.2 Å². The van der Waals surface area contributed by atoms with Gasteiger partial charge < -0.3 is 10.6 Å². The number of hydrogen-bond donors (Lipinski definition) is 2. The zero-order valence-electron chi connectivity index (χ0n) is 12.7. The van der Waals surface area contributed by atoms with E-state index in [0.29, 0.717) is 12.5 Å². The van der Waals surface area contributed by atoms with Gasteiger partial charge in [-0.05, 0) is 30.5 Å². The van der Waals surface area contributed by atoms with Crippen molar-refractivity contribution in [2.45, 2.75) is 30.9 Å². The van der Waals surface area contributed by atoms with Crippen molar-refractivity contribution >= 4 is 29.9 Å². The average molecular weight is 445 g/mol. The van der Waals surface area contributed by atoms with E-state index in [1.54, 1.807) is 12.1 Å². The van der Waals surface area contributed by atoms with Gasteiger partial charge in [0.25, 0.3) is 0 Å². The summed E-state index contributed by atoms with van der Waals surface area (Å²) in [5, 5.41) is 5.70. The largest absolute Gasteiger partial charge is 0.390 e. The Labute approximate surface area is 150 Å². The summed E-state index contributed by atoms with van der Waals surface area (Å²) in [6.07, 6.45) is -3.16. The van der Waals surface area contributed by atoms with E-state index in [-0.39, 0.29) is 41.8 Å². The second-order valence-electron chi connectivity index (χ2n) is 5.50. The van der Waals surface area contributed by atoms with Crippen LogP contribution in [0.1, 0.15) is 24.8 Å². The molecular weight excluding hydrogens is 425 g/mol. The van der Waals surface area contributed by atoms with Gasteiger partial charge in [0.05, 0.1) is 6.42 Å². The molecule has 1 aromatic carbocycles. The van der Waals surface area contributed by atoms with Gasteiger partial charge in [0.15, 0.2) is 5.96 Å². The molecule has 0 aliphatic heterocycles. The Balaban J connectivity index is 0.00000264. The summed E-state index contributed by atoms with van der Waals surface area (Å²) in [5.74, 6) is 0.0646. The number of guanidine groups is 1. The van der Waals surface area contributed by atoms with Crippen molar-refractivity contribution in [3.63, 3.8) is 0 Å². The first-order valence-electron chi connectivity index (χ1n) is 7.12. The SMILES string of the molecule is CN=C(NCCC(F)(F)F)NCC1(c2ccc(F)cc2)CC1.I. The number of halogens is 5. The topological polar surface area (TPSA) is 36.4 Å². The first-order valence-corrected chi connectivity index (χ1v) is 7.12. The van der Waals surface area contributed by atoms with E-state index in [4.69, 9.17) is 0 Å². The fraction of sp³-hybridized carbons (Fsp3) is 0.533. The highest BCUT2D eigenvalue weighted by atomic mass is 127. The Morgan fingerprint density at radius 1 is 1.17 bits per heavy atom. The van der Waals surface area contributed by atoms with Crippen molar-refractivity contribution in [3.8, 4) is 0 Å². The van der Waals surface area contributed by atoms with Gasteiger partial charge >= 0.3 is 6.18 Å². The summed E-state index contributed by atoms with van der Waals surface area (Å²) >= 11 is 0. The molecule has 1 aliphatic carbocycles. The summed E-state index contributed by atoms with van der Waals surface area (Å²) in [5.41, 5.74) is 0.960. The first kappa shape index (κ1) is 20.0. The molecule has 0 saturated heterocycles. The van der Waals surface area contributed by atoms with Crippen molar-refractivity contribution in [1.29, 1.82) is 0 Å². The van der Waals surface area contributed by atoms with Crippen LogP contribution in [0.2, 0.25) is 0 Å². The molecule has 1 aliphatic rings. The zero-order valence-corrected chi connectivity index (χ0v) is 15.0. The van der Waals surface area contributed by atoms with Crippen molar-refractivity contribution in [1.82, 2.24) is 10.6 Å². The minimum Gasteiger partial charge on any atom is -0.356 e. The van der Waals surface area contributed by atoms with Crippen LogP contribution in [0.25, 0.3) is 0 Å². The van der Waals surface area contributed by atoms with E-state index in [1.165, 1.54) is 19.2 Å². The monoisotopic (exact) mass is 445 g/mol. The number of nitrogens with one attached hydrogen (secondary N) is 2. The lowest BCUT2D eigenvalue weighted by atomic mass is 9.96. The highest BCUT2D eigenvalue weighted by Crippen LogP contribution is 2.47. The molecule has 1 fully saturated rings. The van der Waals surface area contributed by atoms with E-state index in [1.807, 2.05) is 0 Å². The molecule has 0 atom stereocenters. The molecule has 23 heavy (non-hydrogen) atoms. The van der Waals surface area contributed by atoms with Crippen LogP contribution in [0.3, 0.4) is 0 Å². The summed E-state index contributed by atoms with van der Waals surface area (Å²) in [6, 6.07) is 6.35. The van der Waals surface area contributed by atoms with Gasteiger partial charge in [0.2, 0.25) is 0 Å². The van der Waals surface area contributed by atoms with Gasteiger partial charge in [-0.1, -0.05) is 12.1 Å². The molecule has 0 spiro atoms. The minimum absolute atomic E-state index is 0. The maximum absolute atomic E-state index is 13.0. The van der Waals surface area contributed by atoms with Crippen LogP contribution >= 0.6 is 24.0 Å². The van der Waals surface area contributed by atoms with Gasteiger partial charge in [-0.15, -0.1) is 24.0 Å². The Morgan fingerprint density at radius 2 is 1.78 bits per heavy atom. The molecule has 1 aromatic rings. The predicted molar refractivity (Wildman–Crippen MR) is 92.8 cm³/mol. The molecule has 3 nitrogen and oxygen atoms in total. The molecule has 0 heterocycles. The predicted octanol–water partition coefficient (Wildman–Crippen LogP) is 3.59. The van der Waals surface area contributed by atoms with Crippen LogP contribution in [-0.2, 0) is 5.41 Å². The second-order valence-corrected chi connectivity index (χ2v) is 5.50. The van der Waals surface area contributed by atoms with E-state index in [0.717, 1.165) is 18.4 Å². The van der Waals surface area contributed by atoms with E-state index in [2.05, 4.69) is 15.6 Å². The molecule has 8 heteroatoms. The minimum atomic E-state index is -4.18. The molecule has 130 valence electrons. The van der Waals surface area contributed by atoms with Crippen molar-refractivity contribution in [3.05, 3.63) is 35.6 Å². The standard InChI is InChI=1S/C15H19F4N3.HI/c1-20-13(21-9-8-15(17,18)19)22-10-14(6-7-14)11-2-4-12(16)5-3-11;/h2-5H,6-10H2,1H3,(H2,20,21,22);1H. The van der Waals surface area contributed by atoms with Crippen LogP contribution in [-0.4, -0.2) is 32.3 Å². The Bertz CT molecular complexity index is 525. The third-order valence-electron chi connectivity index (χ3n) is 3.83. The zero-order chi connectivity index (χ0) is 16.2. The summed E-state index contributed by atoms with van der Waals surface area (Å²) in [4.78, 5) is 3.91. The maximum atomic E-state index is 13.0. The first-order chi connectivity index (χ1) is 10.3. The second kappa shape index (κ2) is 8.16. The number of aliphatic imine (C=N–C) groups is 1. The number of benzene rings is 1. The van der Waals surface area contributed by atoms with Crippen molar-refractivity contribution < 1.29 is 17.6 Å². The third-order valence-corrected chi connectivity index (χ3v) is 3.83. The molecular formula is C15H20F4IN3. The number of nitrogens with zero attached hydrogens (tertiary/aromatic N) is 1. The number of alkyl halides is 3. The third kappa shape index (κ3) is 6.15. The number of rotatable bonds is 5. The Kier molecular flexibility index (Phi) is 7.09. The molecule has 0 aromatic heterocycles. The highest BCUT2D eigenvalue weighted by molar-refractivity contribution is 14.0. The molecule has 0 bridgehead atoms. The lowest BCUT2D eigenvalue weighted by molar-refractivity contribution is -0.132. The molecule has 0 amide bonds. The molecule has 2 N–H and O–H groups in total. The van der Waals surface area contributed by atoms with Gasteiger partial charge in [0.1, 0.15) is 5.82 Å².